The van der Waals surface area contributed by atoms with Crippen molar-refractivity contribution in [3.05, 3.63) is 108 Å². The van der Waals surface area contributed by atoms with E-state index in [2.05, 4.69) is 10.5 Å². The summed E-state index contributed by atoms with van der Waals surface area (Å²) in [6, 6.07) is 25.7. The lowest BCUT2D eigenvalue weighted by Gasteiger charge is -2.26. The van der Waals surface area contributed by atoms with Gasteiger partial charge in [0.05, 0.1) is 0 Å². The number of benzene rings is 3. The van der Waals surface area contributed by atoms with Crippen molar-refractivity contribution >= 4 is 23.9 Å². The number of nitrogens with one attached hydrogen (secondary N) is 1. The molecule has 30 heavy (non-hydrogen) atoms. The minimum Gasteiger partial charge on any atom is -0.378 e. The third kappa shape index (κ3) is 4.82. The van der Waals surface area contributed by atoms with Crippen LogP contribution in [0.4, 0.5) is 5.69 Å². The molecule has 3 aromatic rings. The summed E-state index contributed by atoms with van der Waals surface area (Å²) >= 11 is 0. The molecule has 0 bridgehead atoms. The van der Waals surface area contributed by atoms with Crippen molar-refractivity contribution in [3.63, 3.8) is 0 Å². The maximum absolute atomic E-state index is 12.9. The minimum atomic E-state index is -1.84. The van der Waals surface area contributed by atoms with Crippen LogP contribution in [0.25, 0.3) is 6.08 Å². The third-order valence-corrected chi connectivity index (χ3v) is 4.74. The molecule has 152 valence electrons. The zero-order valence-electron chi connectivity index (χ0n) is 17.1. The Kier molecular flexibility index (Phi) is 6.78. The molecule has 0 radical (unpaired) electrons. The van der Waals surface area contributed by atoms with Crippen LogP contribution in [0.5, 0.6) is 0 Å². The quantitative estimate of drug-likeness (QED) is 0.469. The molecule has 5 heteroatoms. The van der Waals surface area contributed by atoms with Crippen LogP contribution in [0.2, 0.25) is 0 Å². The van der Waals surface area contributed by atoms with Crippen LogP contribution in [0.15, 0.2) is 96.1 Å². The van der Waals surface area contributed by atoms with Crippen LogP contribution in [0, 0.1) is 0 Å². The summed E-state index contributed by atoms with van der Waals surface area (Å²) < 4.78 is 0. The van der Waals surface area contributed by atoms with Gasteiger partial charge < -0.3 is 10.0 Å². The molecule has 0 saturated carbocycles. The average molecular weight is 399 g/mol. The van der Waals surface area contributed by atoms with Crippen LogP contribution in [0.3, 0.4) is 0 Å². The van der Waals surface area contributed by atoms with Crippen LogP contribution in [0.1, 0.15) is 16.7 Å². The molecule has 0 aromatic heterocycles. The van der Waals surface area contributed by atoms with Gasteiger partial charge in [-0.1, -0.05) is 78.9 Å². The Morgan fingerprint density at radius 3 is 1.93 bits per heavy atom. The van der Waals surface area contributed by atoms with Gasteiger partial charge in [0.25, 0.3) is 5.91 Å². The van der Waals surface area contributed by atoms with E-state index in [0.717, 1.165) is 11.3 Å². The number of anilines is 1. The van der Waals surface area contributed by atoms with E-state index in [0.29, 0.717) is 11.1 Å². The Morgan fingerprint density at radius 1 is 0.900 bits per heavy atom. The maximum atomic E-state index is 12.9. The molecule has 5 nitrogen and oxygen atoms in total. The van der Waals surface area contributed by atoms with E-state index in [4.69, 9.17) is 0 Å². The summed E-state index contributed by atoms with van der Waals surface area (Å²) in [5, 5.41) is 15.3. The highest BCUT2D eigenvalue weighted by Crippen LogP contribution is 2.29. The summed E-state index contributed by atoms with van der Waals surface area (Å²) in [7, 11) is 3.98. The van der Waals surface area contributed by atoms with Gasteiger partial charge in [0.2, 0.25) is 0 Å². The molecule has 0 atom stereocenters. The van der Waals surface area contributed by atoms with Crippen LogP contribution >= 0.6 is 0 Å². The summed E-state index contributed by atoms with van der Waals surface area (Å²) in [4.78, 5) is 14.9. The predicted molar refractivity (Wildman–Crippen MR) is 122 cm³/mol. The van der Waals surface area contributed by atoms with Gasteiger partial charge in [-0.25, -0.2) is 5.43 Å². The second-order valence-corrected chi connectivity index (χ2v) is 7.01. The Balaban J connectivity index is 1.72. The van der Waals surface area contributed by atoms with E-state index in [1.165, 1.54) is 6.21 Å². The van der Waals surface area contributed by atoms with E-state index < -0.39 is 11.5 Å². The van der Waals surface area contributed by atoms with Gasteiger partial charge in [-0.15, -0.1) is 0 Å². The number of carbonyl (C=O) groups is 1. The lowest BCUT2D eigenvalue weighted by atomic mass is 9.85. The van der Waals surface area contributed by atoms with Gasteiger partial charge in [0.15, 0.2) is 5.60 Å². The predicted octanol–water partition coefficient (Wildman–Crippen LogP) is 3.80. The normalized spacial score (nSPS) is 11.7. The van der Waals surface area contributed by atoms with E-state index in [-0.39, 0.29) is 0 Å². The molecule has 0 unspecified atom stereocenters. The molecule has 0 aliphatic carbocycles. The lowest BCUT2D eigenvalue weighted by Crippen LogP contribution is -2.43. The molecule has 0 spiro atoms. The fourth-order valence-corrected chi connectivity index (χ4v) is 3.05. The largest absolute Gasteiger partial charge is 0.378 e. The Bertz CT molecular complexity index is 972. The highest BCUT2D eigenvalue weighted by Gasteiger charge is 2.39. The lowest BCUT2D eigenvalue weighted by molar-refractivity contribution is -0.136. The minimum absolute atomic E-state index is 0.473. The molecule has 1 amide bonds. The van der Waals surface area contributed by atoms with E-state index in [1.54, 1.807) is 54.6 Å². The molecule has 3 aromatic carbocycles. The number of aliphatic hydroxyl groups is 1. The first kappa shape index (κ1) is 21.0. The Hall–Kier alpha value is -3.70. The maximum Gasteiger partial charge on any atom is 0.281 e. The molecule has 0 aliphatic rings. The van der Waals surface area contributed by atoms with Crippen LogP contribution in [-0.2, 0) is 10.4 Å². The van der Waals surface area contributed by atoms with E-state index in [9.17, 15) is 9.90 Å². The van der Waals surface area contributed by atoms with Crippen LogP contribution in [-0.4, -0.2) is 31.3 Å². The van der Waals surface area contributed by atoms with Crippen molar-refractivity contribution in [1.82, 2.24) is 5.43 Å². The second-order valence-electron chi connectivity index (χ2n) is 7.01. The van der Waals surface area contributed by atoms with Crippen molar-refractivity contribution in [1.29, 1.82) is 0 Å². The summed E-state index contributed by atoms with van der Waals surface area (Å²) in [5.41, 5.74) is 3.69. The Morgan fingerprint density at radius 2 is 1.43 bits per heavy atom. The summed E-state index contributed by atoms with van der Waals surface area (Å²) in [5.74, 6) is -0.625. The number of rotatable bonds is 7. The smallest absolute Gasteiger partial charge is 0.281 e. The number of allylic oxidation sites excluding steroid dienone is 1. The van der Waals surface area contributed by atoms with Gasteiger partial charge in [-0.05, 0) is 34.9 Å². The average Bonchev–Trinajstić information content (AvgIpc) is 2.79. The number of carbonyl (C=O) groups excluding carboxylic acids is 1. The van der Waals surface area contributed by atoms with Gasteiger partial charge in [-0.2, -0.15) is 5.10 Å². The molecule has 0 saturated heterocycles. The molecule has 2 N–H and O–H groups in total. The molecular weight excluding hydrogens is 374 g/mol. The zero-order valence-corrected chi connectivity index (χ0v) is 17.1. The first-order chi connectivity index (χ1) is 14.5. The highest BCUT2D eigenvalue weighted by molar-refractivity contribution is 5.91. The number of hydrogen-bond acceptors (Lipinski definition) is 4. The highest BCUT2D eigenvalue weighted by atomic mass is 16.3. The molecule has 0 aliphatic heterocycles. The van der Waals surface area contributed by atoms with Crippen molar-refractivity contribution in [2.24, 2.45) is 5.10 Å². The van der Waals surface area contributed by atoms with Gasteiger partial charge in [-0.3, -0.25) is 4.79 Å². The third-order valence-electron chi connectivity index (χ3n) is 4.74. The van der Waals surface area contributed by atoms with Gasteiger partial charge >= 0.3 is 0 Å². The molecule has 3 rings (SSSR count). The first-order valence-corrected chi connectivity index (χ1v) is 9.63. The van der Waals surface area contributed by atoms with E-state index >= 15 is 0 Å². The summed E-state index contributed by atoms with van der Waals surface area (Å²) in [6.45, 7) is 0. The fourth-order valence-electron chi connectivity index (χ4n) is 3.05. The zero-order chi connectivity index (χ0) is 21.4. The number of hydrazone groups is 1. The topological polar surface area (TPSA) is 64.9 Å². The van der Waals surface area contributed by atoms with Crippen molar-refractivity contribution in [2.45, 2.75) is 5.60 Å². The van der Waals surface area contributed by atoms with Gasteiger partial charge in [0, 0.05) is 26.0 Å². The number of nitrogens with zero attached hydrogens (tertiary/aromatic N) is 2. The first-order valence-electron chi connectivity index (χ1n) is 9.63. The summed E-state index contributed by atoms with van der Waals surface area (Å²) in [6.07, 6.45) is 5.10. The van der Waals surface area contributed by atoms with Crippen molar-refractivity contribution < 1.29 is 9.90 Å². The molecular formula is C25H25N3O2. The molecule has 0 heterocycles. The fraction of sp³-hybridized carbons (Fsp3) is 0.120. The van der Waals surface area contributed by atoms with Crippen molar-refractivity contribution in [3.8, 4) is 0 Å². The standard InChI is InChI=1S/C25H25N3O2/c1-28(2)23-17-15-20(16-18-23)10-9-19-26-27-24(29)25(30,21-11-5-3-6-12-21)22-13-7-4-8-14-22/h3-19,30H,1-2H3,(H,27,29)/b10-9+,26-19-. The molecule has 0 fully saturated rings. The second kappa shape index (κ2) is 9.67. The van der Waals surface area contributed by atoms with E-state index in [1.807, 2.05) is 61.5 Å². The number of hydrogen-bond donors (Lipinski definition) is 2. The Labute approximate surface area is 177 Å². The van der Waals surface area contributed by atoms with Crippen LogP contribution < -0.4 is 10.3 Å². The van der Waals surface area contributed by atoms with Gasteiger partial charge in [0.1, 0.15) is 0 Å². The SMILES string of the molecule is CN(C)c1ccc(/C=C/C=N\NC(=O)C(O)(c2ccccc2)c2ccccc2)cc1. The van der Waals surface area contributed by atoms with Crippen molar-refractivity contribution in [2.75, 3.05) is 19.0 Å². The number of amides is 1. The monoisotopic (exact) mass is 399 g/mol.